The predicted octanol–water partition coefficient (Wildman–Crippen LogP) is 13.2. The van der Waals surface area contributed by atoms with E-state index in [4.69, 9.17) is 0 Å². The summed E-state index contributed by atoms with van der Waals surface area (Å²) in [6, 6.07) is 26.7. The summed E-state index contributed by atoms with van der Waals surface area (Å²) >= 11 is 0. The molecule has 0 N–H and O–H groups in total. The van der Waals surface area contributed by atoms with Crippen molar-refractivity contribution < 1.29 is 0 Å². The van der Waals surface area contributed by atoms with Gasteiger partial charge in [0, 0.05) is 11.4 Å². The van der Waals surface area contributed by atoms with Crippen LogP contribution < -0.4 is 4.90 Å². The summed E-state index contributed by atoms with van der Waals surface area (Å²) in [5.41, 5.74) is 7.26. The summed E-state index contributed by atoms with van der Waals surface area (Å²) < 4.78 is 2.02. The zero-order valence-electron chi connectivity index (χ0n) is 30.0. The third kappa shape index (κ3) is 13.5. The van der Waals surface area contributed by atoms with Crippen LogP contribution in [0.15, 0.2) is 72.8 Å². The highest BCUT2D eigenvalue weighted by atomic mass is 15.5. The van der Waals surface area contributed by atoms with E-state index in [-0.39, 0.29) is 0 Å². The Balaban J connectivity index is 1.28. The van der Waals surface area contributed by atoms with Gasteiger partial charge in [0.1, 0.15) is 12.2 Å². The molecule has 1 aromatic heterocycles. The highest BCUT2D eigenvalue weighted by molar-refractivity contribution is 5.74. The maximum Gasteiger partial charge on any atom is 0.119 e. The SMILES string of the molecule is CCCCCCCCCCCCc1ccc(N(Cn2nnc3ccccc32)c2ccc(CCCCCCCCCCCC)cc2)cc1. The van der Waals surface area contributed by atoms with E-state index in [0.29, 0.717) is 6.67 Å². The Morgan fingerprint density at radius 2 is 0.872 bits per heavy atom. The van der Waals surface area contributed by atoms with Crippen LogP contribution in [-0.2, 0) is 19.5 Å². The molecule has 0 bridgehead atoms. The number of aryl methyl sites for hydroxylation is 2. The zero-order valence-corrected chi connectivity index (χ0v) is 30.0. The van der Waals surface area contributed by atoms with Gasteiger partial charge in [-0.2, -0.15) is 0 Å². The van der Waals surface area contributed by atoms with Gasteiger partial charge in [0.25, 0.3) is 0 Å². The first-order valence-corrected chi connectivity index (χ1v) is 19.5. The minimum Gasteiger partial charge on any atom is -0.321 e. The van der Waals surface area contributed by atoms with Crippen molar-refractivity contribution in [3.8, 4) is 0 Å². The minimum atomic E-state index is 0.621. The molecule has 256 valence electrons. The molecule has 0 atom stereocenters. The van der Waals surface area contributed by atoms with Crippen molar-refractivity contribution in [1.29, 1.82) is 0 Å². The summed E-state index contributed by atoms with van der Waals surface area (Å²) in [6.07, 6.45) is 30.0. The van der Waals surface area contributed by atoms with Crippen LogP contribution in [0.1, 0.15) is 153 Å². The van der Waals surface area contributed by atoms with Crippen LogP contribution in [0, 0.1) is 0 Å². The van der Waals surface area contributed by atoms with E-state index in [0.717, 1.165) is 23.9 Å². The lowest BCUT2D eigenvalue weighted by atomic mass is 10.0. The molecule has 4 heteroatoms. The molecule has 0 aliphatic carbocycles. The second-order valence-electron chi connectivity index (χ2n) is 13.8. The van der Waals surface area contributed by atoms with Crippen LogP contribution in [0.5, 0.6) is 0 Å². The van der Waals surface area contributed by atoms with Crippen molar-refractivity contribution in [1.82, 2.24) is 15.0 Å². The Morgan fingerprint density at radius 3 is 1.32 bits per heavy atom. The number of fused-ring (bicyclic) bond motifs is 1. The first-order chi connectivity index (χ1) is 23.3. The molecule has 0 saturated carbocycles. The molecule has 4 nitrogen and oxygen atoms in total. The number of aromatic nitrogens is 3. The van der Waals surface area contributed by atoms with Gasteiger partial charge < -0.3 is 4.90 Å². The van der Waals surface area contributed by atoms with Crippen molar-refractivity contribution in [2.24, 2.45) is 0 Å². The standard InChI is InChI=1S/C43H64N4/c1-3-5-7-9-11-13-15-17-19-21-25-38-29-33-40(34-30-38)46(37-47-43-28-24-23-27-42(43)44-45-47)41-35-31-39(32-36-41)26-22-20-18-16-14-12-10-8-6-4-2/h23-24,27-36H,3-22,25-26,37H2,1-2H3. The molecule has 4 rings (SSSR count). The number of nitrogens with zero attached hydrogens (tertiary/aromatic N) is 4. The van der Waals surface area contributed by atoms with E-state index in [9.17, 15) is 0 Å². The second-order valence-corrected chi connectivity index (χ2v) is 13.8. The molecule has 47 heavy (non-hydrogen) atoms. The molecular formula is C43H64N4. The molecule has 0 fully saturated rings. The number of rotatable bonds is 26. The molecule has 0 aliphatic heterocycles. The van der Waals surface area contributed by atoms with E-state index in [1.807, 2.05) is 16.8 Å². The predicted molar refractivity (Wildman–Crippen MR) is 204 cm³/mol. The Kier molecular flexibility index (Phi) is 17.5. The van der Waals surface area contributed by atoms with Gasteiger partial charge >= 0.3 is 0 Å². The third-order valence-corrected chi connectivity index (χ3v) is 9.83. The van der Waals surface area contributed by atoms with Gasteiger partial charge in [-0.15, -0.1) is 5.10 Å². The van der Waals surface area contributed by atoms with E-state index in [1.54, 1.807) is 0 Å². The molecule has 0 aliphatic rings. The Labute approximate surface area is 287 Å². The van der Waals surface area contributed by atoms with E-state index in [2.05, 4.69) is 89.7 Å². The first-order valence-electron chi connectivity index (χ1n) is 19.5. The van der Waals surface area contributed by atoms with Crippen molar-refractivity contribution in [2.75, 3.05) is 4.90 Å². The quantitative estimate of drug-likeness (QED) is 0.0643. The fourth-order valence-corrected chi connectivity index (χ4v) is 6.79. The number of anilines is 2. The summed E-state index contributed by atoms with van der Waals surface area (Å²) in [4.78, 5) is 2.37. The van der Waals surface area contributed by atoms with Gasteiger partial charge in [0.05, 0.1) is 5.52 Å². The summed E-state index contributed by atoms with van der Waals surface area (Å²) in [5.74, 6) is 0. The van der Waals surface area contributed by atoms with Crippen molar-refractivity contribution in [3.63, 3.8) is 0 Å². The fraction of sp³-hybridized carbons (Fsp3) is 0.581. The fourth-order valence-electron chi connectivity index (χ4n) is 6.79. The molecule has 3 aromatic carbocycles. The number of para-hydroxylation sites is 1. The van der Waals surface area contributed by atoms with Crippen molar-refractivity contribution in [2.45, 2.75) is 162 Å². The van der Waals surface area contributed by atoms with Gasteiger partial charge in [0.15, 0.2) is 0 Å². The molecule has 0 unspecified atom stereocenters. The summed E-state index contributed by atoms with van der Waals surface area (Å²) in [6.45, 7) is 5.21. The first kappa shape index (κ1) is 36.7. The highest BCUT2D eigenvalue weighted by Crippen LogP contribution is 2.28. The number of benzene rings is 3. The number of unbranched alkanes of at least 4 members (excludes halogenated alkanes) is 18. The topological polar surface area (TPSA) is 34.0 Å². The van der Waals surface area contributed by atoms with E-state index < -0.39 is 0 Å². The average molecular weight is 637 g/mol. The third-order valence-electron chi connectivity index (χ3n) is 9.83. The summed E-state index contributed by atoms with van der Waals surface area (Å²) in [7, 11) is 0. The zero-order chi connectivity index (χ0) is 32.8. The molecule has 0 amide bonds. The normalized spacial score (nSPS) is 11.4. The van der Waals surface area contributed by atoms with E-state index >= 15 is 0 Å². The highest BCUT2D eigenvalue weighted by Gasteiger charge is 2.14. The van der Waals surface area contributed by atoms with Crippen molar-refractivity contribution in [3.05, 3.63) is 83.9 Å². The lowest BCUT2D eigenvalue weighted by molar-refractivity contribution is 0.556. The molecule has 0 saturated heterocycles. The van der Waals surface area contributed by atoms with Gasteiger partial charge in [-0.1, -0.05) is 171 Å². The molecule has 0 spiro atoms. The average Bonchev–Trinajstić information content (AvgIpc) is 3.52. The lowest BCUT2D eigenvalue weighted by Gasteiger charge is -2.25. The smallest absolute Gasteiger partial charge is 0.119 e. The van der Waals surface area contributed by atoms with E-state index in [1.165, 1.54) is 151 Å². The van der Waals surface area contributed by atoms with Gasteiger partial charge in [-0.3, -0.25) is 0 Å². The maximum atomic E-state index is 4.53. The molecule has 0 radical (unpaired) electrons. The number of hydrogen-bond donors (Lipinski definition) is 0. The number of hydrogen-bond acceptors (Lipinski definition) is 3. The molecule has 1 heterocycles. The van der Waals surface area contributed by atoms with Crippen molar-refractivity contribution >= 4 is 22.4 Å². The van der Waals surface area contributed by atoms with Crippen LogP contribution in [0.2, 0.25) is 0 Å². The minimum absolute atomic E-state index is 0.621. The van der Waals surface area contributed by atoms with Gasteiger partial charge in [-0.25, -0.2) is 4.68 Å². The maximum absolute atomic E-state index is 4.53. The van der Waals surface area contributed by atoms with Crippen LogP contribution in [0.3, 0.4) is 0 Å². The summed E-state index contributed by atoms with van der Waals surface area (Å²) in [5, 5.41) is 8.95. The monoisotopic (exact) mass is 637 g/mol. The van der Waals surface area contributed by atoms with Crippen LogP contribution in [0.25, 0.3) is 11.0 Å². The Hall–Kier alpha value is -3.14. The van der Waals surface area contributed by atoms with Crippen LogP contribution in [-0.4, -0.2) is 15.0 Å². The van der Waals surface area contributed by atoms with Gasteiger partial charge in [0.2, 0.25) is 0 Å². The molecular weight excluding hydrogens is 573 g/mol. The van der Waals surface area contributed by atoms with Crippen LogP contribution in [0.4, 0.5) is 11.4 Å². The second kappa shape index (κ2) is 22.4. The Morgan fingerprint density at radius 1 is 0.468 bits per heavy atom. The largest absolute Gasteiger partial charge is 0.321 e. The Bertz CT molecular complexity index is 1270. The molecule has 4 aromatic rings. The van der Waals surface area contributed by atoms with Crippen LogP contribution >= 0.6 is 0 Å². The lowest BCUT2D eigenvalue weighted by Crippen LogP contribution is -2.22. The van der Waals surface area contributed by atoms with Gasteiger partial charge in [-0.05, 0) is 73.2 Å².